The first-order valence-electron chi connectivity index (χ1n) is 10.4. The van der Waals surface area contributed by atoms with Crippen LogP contribution in [0.4, 0.5) is 4.79 Å². The van der Waals surface area contributed by atoms with Gasteiger partial charge in [0.15, 0.2) is 0 Å². The number of ether oxygens (including phenoxy) is 1. The van der Waals surface area contributed by atoms with E-state index in [1.807, 2.05) is 25.7 Å². The molecule has 2 unspecified atom stereocenters. The second kappa shape index (κ2) is 6.58. The van der Waals surface area contributed by atoms with Crippen molar-refractivity contribution in [3.8, 4) is 0 Å². The average Bonchev–Trinajstić information content (AvgIpc) is 3.19. The fraction of sp³-hybridized carbons (Fsp3) is 0.696. The Morgan fingerprint density at radius 3 is 2.65 bits per heavy atom. The van der Waals surface area contributed by atoms with Gasteiger partial charge in [0.1, 0.15) is 5.60 Å². The molecule has 3 nitrogen and oxygen atoms in total. The van der Waals surface area contributed by atoms with E-state index in [4.69, 9.17) is 4.74 Å². The number of amides is 1. The SMILES string of the molecule is CC(C)(C)OC(=O)N1CCC(CCC2CC23CCc2ccccc23)CC1. The van der Waals surface area contributed by atoms with E-state index in [0.29, 0.717) is 5.41 Å². The van der Waals surface area contributed by atoms with Crippen LogP contribution in [0.1, 0.15) is 70.4 Å². The van der Waals surface area contributed by atoms with Gasteiger partial charge in [0.05, 0.1) is 0 Å². The van der Waals surface area contributed by atoms with Crippen molar-refractivity contribution in [2.75, 3.05) is 13.1 Å². The fourth-order valence-corrected chi connectivity index (χ4v) is 5.28. The molecule has 1 aromatic carbocycles. The molecule has 1 saturated carbocycles. The number of likely N-dealkylation sites (tertiary alicyclic amines) is 1. The molecule has 0 bridgehead atoms. The maximum Gasteiger partial charge on any atom is 0.410 e. The van der Waals surface area contributed by atoms with E-state index in [1.54, 1.807) is 11.1 Å². The lowest BCUT2D eigenvalue weighted by atomic mass is 9.88. The van der Waals surface area contributed by atoms with E-state index < -0.39 is 5.60 Å². The van der Waals surface area contributed by atoms with Crippen LogP contribution in [-0.2, 0) is 16.6 Å². The summed E-state index contributed by atoms with van der Waals surface area (Å²) < 4.78 is 5.50. The molecule has 3 aliphatic rings. The first-order valence-corrected chi connectivity index (χ1v) is 10.4. The van der Waals surface area contributed by atoms with Gasteiger partial charge in [0.25, 0.3) is 0 Å². The number of hydrogen-bond acceptors (Lipinski definition) is 2. The predicted molar refractivity (Wildman–Crippen MR) is 104 cm³/mol. The van der Waals surface area contributed by atoms with E-state index >= 15 is 0 Å². The van der Waals surface area contributed by atoms with Crippen LogP contribution in [0.2, 0.25) is 0 Å². The number of carbonyl (C=O) groups is 1. The van der Waals surface area contributed by atoms with Crippen molar-refractivity contribution in [2.45, 2.75) is 76.7 Å². The summed E-state index contributed by atoms with van der Waals surface area (Å²) in [5.74, 6) is 1.68. The van der Waals surface area contributed by atoms with Gasteiger partial charge in [0.2, 0.25) is 0 Å². The Kier molecular flexibility index (Phi) is 4.53. The molecule has 4 rings (SSSR count). The summed E-state index contributed by atoms with van der Waals surface area (Å²) in [4.78, 5) is 14.1. The molecule has 2 fully saturated rings. The Morgan fingerprint density at radius 2 is 1.92 bits per heavy atom. The van der Waals surface area contributed by atoms with Crippen LogP contribution in [0.5, 0.6) is 0 Å². The third kappa shape index (κ3) is 3.50. The molecule has 26 heavy (non-hydrogen) atoms. The highest BCUT2D eigenvalue weighted by Crippen LogP contribution is 2.63. The third-order valence-electron chi connectivity index (χ3n) is 6.82. The number of fused-ring (bicyclic) bond motifs is 2. The number of hydrogen-bond donors (Lipinski definition) is 0. The first kappa shape index (κ1) is 17.9. The molecular formula is C23H33NO2. The van der Waals surface area contributed by atoms with E-state index in [-0.39, 0.29) is 6.09 Å². The monoisotopic (exact) mass is 355 g/mol. The number of benzene rings is 1. The number of aryl methyl sites for hydroxylation is 1. The second-order valence-electron chi connectivity index (χ2n) is 9.70. The van der Waals surface area contributed by atoms with Crippen molar-refractivity contribution in [3.63, 3.8) is 0 Å². The lowest BCUT2D eigenvalue weighted by Gasteiger charge is -2.33. The Bertz CT molecular complexity index is 669. The summed E-state index contributed by atoms with van der Waals surface area (Å²) in [6, 6.07) is 9.11. The summed E-state index contributed by atoms with van der Waals surface area (Å²) in [7, 11) is 0. The molecule has 142 valence electrons. The topological polar surface area (TPSA) is 29.5 Å². The molecule has 1 spiro atoms. The van der Waals surface area contributed by atoms with Crippen molar-refractivity contribution < 1.29 is 9.53 Å². The van der Waals surface area contributed by atoms with Gasteiger partial charge >= 0.3 is 6.09 Å². The highest BCUT2D eigenvalue weighted by Gasteiger charge is 2.57. The minimum atomic E-state index is -0.397. The Balaban J connectivity index is 1.23. The quantitative estimate of drug-likeness (QED) is 0.734. The normalized spacial score (nSPS) is 28.3. The third-order valence-corrected chi connectivity index (χ3v) is 6.82. The highest BCUT2D eigenvalue weighted by molar-refractivity contribution is 5.68. The molecule has 1 saturated heterocycles. The zero-order valence-corrected chi connectivity index (χ0v) is 16.6. The predicted octanol–water partition coefficient (Wildman–Crippen LogP) is 5.32. The van der Waals surface area contributed by atoms with Crippen molar-refractivity contribution in [3.05, 3.63) is 35.4 Å². The maximum absolute atomic E-state index is 12.2. The zero-order chi connectivity index (χ0) is 18.4. The second-order valence-corrected chi connectivity index (χ2v) is 9.70. The van der Waals surface area contributed by atoms with Crippen molar-refractivity contribution in [2.24, 2.45) is 11.8 Å². The van der Waals surface area contributed by atoms with Crippen LogP contribution in [0, 0.1) is 11.8 Å². The molecule has 1 aliphatic heterocycles. The smallest absolute Gasteiger partial charge is 0.410 e. The molecule has 2 atom stereocenters. The number of piperidine rings is 1. The van der Waals surface area contributed by atoms with Crippen LogP contribution in [0.15, 0.2) is 24.3 Å². The van der Waals surface area contributed by atoms with E-state index in [0.717, 1.165) is 37.8 Å². The molecule has 0 aromatic heterocycles. The molecule has 1 amide bonds. The molecule has 0 N–H and O–H groups in total. The fourth-order valence-electron chi connectivity index (χ4n) is 5.28. The van der Waals surface area contributed by atoms with Gasteiger partial charge in [-0.3, -0.25) is 0 Å². The van der Waals surface area contributed by atoms with E-state index in [1.165, 1.54) is 32.1 Å². The summed E-state index contributed by atoms with van der Waals surface area (Å²) in [6.45, 7) is 7.52. The van der Waals surface area contributed by atoms with Crippen molar-refractivity contribution in [1.29, 1.82) is 0 Å². The standard InChI is InChI=1S/C23H33NO2/c1-22(2,3)26-21(25)24-14-11-17(12-15-24)8-9-19-16-23(19)13-10-18-6-4-5-7-20(18)23/h4-7,17,19H,8-16H2,1-3H3. The summed E-state index contributed by atoms with van der Waals surface area (Å²) in [5.41, 5.74) is 3.39. The lowest BCUT2D eigenvalue weighted by molar-refractivity contribution is 0.0180. The van der Waals surface area contributed by atoms with Crippen molar-refractivity contribution in [1.82, 2.24) is 4.90 Å². The van der Waals surface area contributed by atoms with Gasteiger partial charge < -0.3 is 9.64 Å². The molecular weight excluding hydrogens is 322 g/mol. The molecule has 1 heterocycles. The lowest BCUT2D eigenvalue weighted by Crippen LogP contribution is -2.41. The minimum absolute atomic E-state index is 0.139. The summed E-state index contributed by atoms with van der Waals surface area (Å²) in [6.07, 6.45) is 8.88. The largest absolute Gasteiger partial charge is 0.444 e. The number of rotatable bonds is 3. The maximum atomic E-state index is 12.2. The first-order chi connectivity index (χ1) is 12.4. The van der Waals surface area contributed by atoms with Crippen LogP contribution in [0.3, 0.4) is 0 Å². The van der Waals surface area contributed by atoms with E-state index in [2.05, 4.69) is 24.3 Å². The Labute approximate surface area is 158 Å². The molecule has 1 aromatic rings. The van der Waals surface area contributed by atoms with Gasteiger partial charge in [0, 0.05) is 13.1 Å². The van der Waals surface area contributed by atoms with Crippen LogP contribution in [0.25, 0.3) is 0 Å². The van der Waals surface area contributed by atoms with Crippen molar-refractivity contribution >= 4 is 6.09 Å². The van der Waals surface area contributed by atoms with Gasteiger partial charge in [-0.1, -0.05) is 30.7 Å². The van der Waals surface area contributed by atoms with Crippen LogP contribution >= 0.6 is 0 Å². The molecule has 0 radical (unpaired) electrons. The van der Waals surface area contributed by atoms with Crippen LogP contribution < -0.4 is 0 Å². The number of carbonyl (C=O) groups excluding carboxylic acids is 1. The van der Waals surface area contributed by atoms with Gasteiger partial charge in [-0.25, -0.2) is 4.79 Å². The molecule has 3 heteroatoms. The minimum Gasteiger partial charge on any atom is -0.444 e. The summed E-state index contributed by atoms with van der Waals surface area (Å²) >= 11 is 0. The highest BCUT2D eigenvalue weighted by atomic mass is 16.6. The summed E-state index contributed by atoms with van der Waals surface area (Å²) in [5, 5.41) is 0. The van der Waals surface area contributed by atoms with Gasteiger partial charge in [-0.15, -0.1) is 0 Å². The number of nitrogens with zero attached hydrogens (tertiary/aromatic N) is 1. The van der Waals surface area contributed by atoms with Gasteiger partial charge in [-0.05, 0) is 87.7 Å². The molecule has 2 aliphatic carbocycles. The average molecular weight is 356 g/mol. The van der Waals surface area contributed by atoms with Gasteiger partial charge in [-0.2, -0.15) is 0 Å². The van der Waals surface area contributed by atoms with E-state index in [9.17, 15) is 4.79 Å². The Hall–Kier alpha value is -1.51. The van der Waals surface area contributed by atoms with Crippen LogP contribution in [-0.4, -0.2) is 29.7 Å². The zero-order valence-electron chi connectivity index (χ0n) is 16.6. The Morgan fingerprint density at radius 1 is 1.19 bits per heavy atom.